The van der Waals surface area contributed by atoms with Gasteiger partial charge in [-0.3, -0.25) is 4.98 Å². The van der Waals surface area contributed by atoms with Crippen LogP contribution >= 0.6 is 0 Å². The van der Waals surface area contributed by atoms with Crippen molar-refractivity contribution in [2.45, 2.75) is 38.1 Å². The maximum atomic E-state index is 13.7. The molecule has 39 heavy (non-hydrogen) atoms. The number of benzene rings is 3. The van der Waals surface area contributed by atoms with Crippen molar-refractivity contribution < 1.29 is 22.6 Å². The molecule has 2 unspecified atom stereocenters. The van der Waals surface area contributed by atoms with Gasteiger partial charge in [0.05, 0.1) is 22.1 Å². The molecule has 1 aliphatic heterocycles. The van der Waals surface area contributed by atoms with Crippen molar-refractivity contribution in [1.29, 1.82) is 0 Å². The fraction of sp³-hybridized carbons (Fsp3) is 0.241. The quantitative estimate of drug-likeness (QED) is 0.205. The minimum absolute atomic E-state index is 0.0135. The number of fused-ring (bicyclic) bond motifs is 2. The summed E-state index contributed by atoms with van der Waals surface area (Å²) in [5.41, 5.74) is 1.82. The highest BCUT2D eigenvalue weighted by Crippen LogP contribution is 2.39. The second kappa shape index (κ2) is 10.1. The fourth-order valence-electron chi connectivity index (χ4n) is 4.86. The highest BCUT2D eigenvalue weighted by atomic mass is 19.4. The SMILES string of the molecule is CC(Oc1cc(Nc2nc3cc(Oc4ccnc5ccccc45)ccc3[nH]2)ccc1C(F)(F)F)C1CCCN1. The number of nitrogens with zero attached hydrogens (tertiary/aromatic N) is 2. The highest BCUT2D eigenvalue weighted by molar-refractivity contribution is 5.85. The Labute approximate surface area is 222 Å². The summed E-state index contributed by atoms with van der Waals surface area (Å²) in [6, 6.07) is 18.7. The van der Waals surface area contributed by atoms with Crippen LogP contribution in [-0.4, -0.2) is 33.6 Å². The molecule has 1 fully saturated rings. The fourth-order valence-corrected chi connectivity index (χ4v) is 4.86. The molecule has 3 aromatic carbocycles. The van der Waals surface area contributed by atoms with Crippen LogP contribution in [0.4, 0.5) is 24.8 Å². The number of aromatic nitrogens is 3. The number of para-hydroxylation sites is 1. The molecule has 7 nitrogen and oxygen atoms in total. The standard InChI is InChI=1S/C29H26F3N5O2/c1-17(22-7-4-13-33-22)38-27-15-18(8-10-21(27)29(30,31)32)35-28-36-24-11-9-19(16-25(24)37-28)39-26-12-14-34-23-6-3-2-5-20(23)26/h2-3,5-6,8-12,14-17,22,33H,4,7,13H2,1H3,(H2,35,36,37). The Kier molecular flexibility index (Phi) is 6.48. The number of rotatable bonds is 7. The van der Waals surface area contributed by atoms with Crippen LogP contribution in [0.5, 0.6) is 17.2 Å². The summed E-state index contributed by atoms with van der Waals surface area (Å²) in [6.45, 7) is 2.63. The Hall–Kier alpha value is -4.31. The molecule has 200 valence electrons. The predicted molar refractivity (Wildman–Crippen MR) is 144 cm³/mol. The first-order chi connectivity index (χ1) is 18.8. The molecule has 1 saturated heterocycles. The largest absolute Gasteiger partial charge is 0.488 e. The van der Waals surface area contributed by atoms with Crippen molar-refractivity contribution in [3.05, 3.63) is 78.5 Å². The van der Waals surface area contributed by atoms with E-state index in [1.54, 1.807) is 25.3 Å². The lowest BCUT2D eigenvalue weighted by atomic mass is 10.1. The molecule has 0 aliphatic carbocycles. The first-order valence-electron chi connectivity index (χ1n) is 12.7. The van der Waals surface area contributed by atoms with E-state index in [9.17, 15) is 13.2 Å². The van der Waals surface area contributed by atoms with E-state index in [2.05, 4.69) is 25.6 Å². The Morgan fingerprint density at radius 2 is 1.87 bits per heavy atom. The average Bonchev–Trinajstić information content (AvgIpc) is 3.58. The minimum atomic E-state index is -4.54. The molecule has 10 heteroatoms. The lowest BCUT2D eigenvalue weighted by Gasteiger charge is -2.24. The van der Waals surface area contributed by atoms with Crippen LogP contribution in [0.1, 0.15) is 25.3 Å². The second-order valence-electron chi connectivity index (χ2n) is 9.55. The van der Waals surface area contributed by atoms with E-state index in [0.717, 1.165) is 41.9 Å². The summed E-state index contributed by atoms with van der Waals surface area (Å²) in [7, 11) is 0. The number of halogens is 3. The minimum Gasteiger partial charge on any atom is -0.488 e. The van der Waals surface area contributed by atoms with E-state index in [1.807, 2.05) is 36.4 Å². The first kappa shape index (κ1) is 25.0. The second-order valence-corrected chi connectivity index (χ2v) is 9.55. The number of alkyl halides is 3. The zero-order chi connectivity index (χ0) is 27.0. The van der Waals surface area contributed by atoms with Crippen molar-refractivity contribution in [2.75, 3.05) is 11.9 Å². The van der Waals surface area contributed by atoms with E-state index >= 15 is 0 Å². The third kappa shape index (κ3) is 5.33. The number of hydrogen-bond donors (Lipinski definition) is 3. The van der Waals surface area contributed by atoms with E-state index in [1.165, 1.54) is 12.1 Å². The Morgan fingerprint density at radius 1 is 1.00 bits per heavy atom. The predicted octanol–water partition coefficient (Wildman–Crippen LogP) is 7.19. The van der Waals surface area contributed by atoms with Gasteiger partial charge in [0.2, 0.25) is 5.95 Å². The summed E-state index contributed by atoms with van der Waals surface area (Å²) >= 11 is 0. The Bertz CT molecular complexity index is 1620. The smallest absolute Gasteiger partial charge is 0.419 e. The molecule has 0 bridgehead atoms. The van der Waals surface area contributed by atoms with Crippen molar-refractivity contribution in [2.24, 2.45) is 0 Å². The van der Waals surface area contributed by atoms with E-state index in [-0.39, 0.29) is 11.8 Å². The highest BCUT2D eigenvalue weighted by Gasteiger charge is 2.35. The van der Waals surface area contributed by atoms with Crippen molar-refractivity contribution >= 4 is 33.6 Å². The van der Waals surface area contributed by atoms with Gasteiger partial charge in [-0.2, -0.15) is 13.2 Å². The summed E-state index contributed by atoms with van der Waals surface area (Å²) in [5.74, 6) is 1.43. The normalized spacial score (nSPS) is 16.5. The molecule has 3 heterocycles. The number of ether oxygens (including phenoxy) is 2. The number of anilines is 2. The lowest BCUT2D eigenvalue weighted by Crippen LogP contribution is -2.36. The molecular weight excluding hydrogens is 507 g/mol. The molecule has 0 amide bonds. The average molecular weight is 534 g/mol. The van der Waals surface area contributed by atoms with Gasteiger partial charge in [-0.1, -0.05) is 12.1 Å². The summed E-state index contributed by atoms with van der Waals surface area (Å²) in [4.78, 5) is 12.1. The number of pyridine rings is 1. The monoisotopic (exact) mass is 533 g/mol. The summed E-state index contributed by atoms with van der Waals surface area (Å²) in [6.07, 6.45) is -1.41. The summed E-state index contributed by atoms with van der Waals surface area (Å²) in [5, 5.41) is 7.24. The maximum Gasteiger partial charge on any atom is 0.419 e. The molecule has 3 N–H and O–H groups in total. The third-order valence-electron chi connectivity index (χ3n) is 6.82. The lowest BCUT2D eigenvalue weighted by molar-refractivity contribution is -0.139. The van der Waals surface area contributed by atoms with Crippen molar-refractivity contribution in [1.82, 2.24) is 20.3 Å². The first-order valence-corrected chi connectivity index (χ1v) is 12.7. The van der Waals surface area contributed by atoms with E-state index in [4.69, 9.17) is 9.47 Å². The zero-order valence-corrected chi connectivity index (χ0v) is 21.0. The molecule has 0 radical (unpaired) electrons. The van der Waals surface area contributed by atoms with Gasteiger partial charge in [-0.05, 0) is 68.8 Å². The molecule has 0 spiro atoms. The van der Waals surface area contributed by atoms with Gasteiger partial charge in [0.15, 0.2) is 0 Å². The van der Waals surface area contributed by atoms with Gasteiger partial charge in [0.25, 0.3) is 0 Å². The van der Waals surface area contributed by atoms with Gasteiger partial charge < -0.3 is 25.1 Å². The summed E-state index contributed by atoms with van der Waals surface area (Å²) < 4.78 is 53.1. The molecule has 5 aromatic rings. The molecule has 1 aliphatic rings. The number of nitrogens with one attached hydrogen (secondary N) is 3. The van der Waals surface area contributed by atoms with E-state index in [0.29, 0.717) is 28.7 Å². The van der Waals surface area contributed by atoms with Crippen LogP contribution in [0.3, 0.4) is 0 Å². The van der Waals surface area contributed by atoms with Gasteiger partial charge in [-0.15, -0.1) is 0 Å². The number of hydrogen-bond acceptors (Lipinski definition) is 6. The molecule has 6 rings (SSSR count). The topological polar surface area (TPSA) is 84.1 Å². The van der Waals surface area contributed by atoms with Gasteiger partial charge in [0, 0.05) is 35.4 Å². The Balaban J connectivity index is 1.24. The molecule has 0 saturated carbocycles. The number of H-pyrrole nitrogens is 1. The van der Waals surface area contributed by atoms with E-state index < -0.39 is 17.8 Å². The van der Waals surface area contributed by atoms with Gasteiger partial charge in [-0.25, -0.2) is 4.98 Å². The van der Waals surface area contributed by atoms with Crippen molar-refractivity contribution in [3.8, 4) is 17.2 Å². The molecular formula is C29H26F3N5O2. The number of imidazole rings is 1. The van der Waals surface area contributed by atoms with Crippen LogP contribution in [0.2, 0.25) is 0 Å². The van der Waals surface area contributed by atoms with Crippen LogP contribution in [-0.2, 0) is 6.18 Å². The number of aromatic amines is 1. The van der Waals surface area contributed by atoms with Crippen LogP contribution in [0.15, 0.2) is 72.9 Å². The van der Waals surface area contributed by atoms with Crippen LogP contribution in [0, 0.1) is 0 Å². The third-order valence-corrected chi connectivity index (χ3v) is 6.82. The van der Waals surface area contributed by atoms with Crippen LogP contribution in [0.25, 0.3) is 21.9 Å². The maximum absolute atomic E-state index is 13.7. The Morgan fingerprint density at radius 3 is 2.69 bits per heavy atom. The van der Waals surface area contributed by atoms with Crippen LogP contribution < -0.4 is 20.1 Å². The zero-order valence-electron chi connectivity index (χ0n) is 21.0. The molecule has 2 aromatic heterocycles. The van der Waals surface area contributed by atoms with Crippen molar-refractivity contribution in [3.63, 3.8) is 0 Å². The van der Waals surface area contributed by atoms with Gasteiger partial charge >= 0.3 is 6.18 Å². The van der Waals surface area contributed by atoms with Gasteiger partial charge in [0.1, 0.15) is 23.4 Å². The molecule has 2 atom stereocenters.